The van der Waals surface area contributed by atoms with E-state index in [9.17, 15) is 18.0 Å². The smallest absolute Gasteiger partial charge is 0.261 e. The maximum Gasteiger partial charge on any atom is 0.261 e. The molecular weight excluding hydrogens is 434 g/mol. The number of hydrogen-bond acceptors (Lipinski definition) is 5. The van der Waals surface area contributed by atoms with E-state index in [0.717, 1.165) is 16.9 Å². The van der Waals surface area contributed by atoms with Crippen molar-refractivity contribution in [3.8, 4) is 0 Å². The lowest BCUT2D eigenvalue weighted by Gasteiger charge is -2.34. The second-order valence-electron chi connectivity index (χ2n) is 7.76. The largest absolute Gasteiger partial charge is 0.342 e. The monoisotopic (exact) mass is 463 g/mol. The van der Waals surface area contributed by atoms with Gasteiger partial charge in [-0.1, -0.05) is 26.0 Å². The highest BCUT2D eigenvalue weighted by molar-refractivity contribution is 7.89. The highest BCUT2D eigenvalue weighted by Crippen LogP contribution is 2.23. The van der Waals surface area contributed by atoms with E-state index in [1.54, 1.807) is 23.1 Å². The standard InChI is InChI=1S/C22H29N3O4S2/c1-4-16(2)18-6-8-19(9-7-18)31(28,29)25-13-11-24(12-14-25)21(26)15-23-22(27)20-10-5-17(3)30-20/h5-10,16H,4,11-15H2,1-3H3,(H,23,27). The Morgan fingerprint density at radius 2 is 1.71 bits per heavy atom. The van der Waals surface area contributed by atoms with Crippen LogP contribution in [0.3, 0.4) is 0 Å². The molecule has 2 aromatic rings. The highest BCUT2D eigenvalue weighted by Gasteiger charge is 2.30. The van der Waals surface area contributed by atoms with Gasteiger partial charge in [0.1, 0.15) is 0 Å². The molecule has 3 rings (SSSR count). The Bertz CT molecular complexity index is 1020. The van der Waals surface area contributed by atoms with Gasteiger partial charge in [0, 0.05) is 31.1 Å². The van der Waals surface area contributed by atoms with Crippen LogP contribution in [-0.2, 0) is 14.8 Å². The van der Waals surface area contributed by atoms with Gasteiger partial charge in [-0.05, 0) is 49.1 Å². The van der Waals surface area contributed by atoms with Gasteiger partial charge in [-0.25, -0.2) is 8.42 Å². The number of piperazine rings is 1. The van der Waals surface area contributed by atoms with E-state index < -0.39 is 10.0 Å². The van der Waals surface area contributed by atoms with Crippen molar-refractivity contribution in [1.82, 2.24) is 14.5 Å². The van der Waals surface area contributed by atoms with Gasteiger partial charge in [-0.15, -0.1) is 11.3 Å². The van der Waals surface area contributed by atoms with Gasteiger partial charge in [0.25, 0.3) is 5.91 Å². The fraction of sp³-hybridized carbons (Fsp3) is 0.455. The van der Waals surface area contributed by atoms with Crippen molar-refractivity contribution in [2.24, 2.45) is 0 Å². The molecule has 2 amide bonds. The molecule has 1 aliphatic heterocycles. The summed E-state index contributed by atoms with van der Waals surface area (Å²) in [6.07, 6.45) is 0.996. The molecule has 9 heteroatoms. The molecule has 1 N–H and O–H groups in total. The van der Waals surface area contributed by atoms with Crippen LogP contribution in [0.1, 0.15) is 46.3 Å². The van der Waals surface area contributed by atoms with Crippen molar-refractivity contribution in [1.29, 1.82) is 0 Å². The number of nitrogens with zero attached hydrogens (tertiary/aromatic N) is 2. The van der Waals surface area contributed by atoms with E-state index >= 15 is 0 Å². The molecule has 1 aromatic heterocycles. The molecule has 0 radical (unpaired) electrons. The summed E-state index contributed by atoms with van der Waals surface area (Å²) in [7, 11) is -3.59. The fourth-order valence-electron chi connectivity index (χ4n) is 3.44. The molecule has 1 fully saturated rings. The van der Waals surface area contributed by atoms with Gasteiger partial charge >= 0.3 is 0 Å². The zero-order valence-electron chi connectivity index (χ0n) is 18.1. The summed E-state index contributed by atoms with van der Waals surface area (Å²) in [6.45, 7) is 7.11. The Morgan fingerprint density at radius 3 is 2.26 bits per heavy atom. The molecule has 7 nitrogen and oxygen atoms in total. The number of aryl methyl sites for hydroxylation is 1. The number of amides is 2. The molecule has 168 valence electrons. The van der Waals surface area contributed by atoms with Crippen molar-refractivity contribution in [3.63, 3.8) is 0 Å². The van der Waals surface area contributed by atoms with E-state index in [-0.39, 0.29) is 36.3 Å². The number of hydrogen-bond donors (Lipinski definition) is 1. The number of carbonyl (C=O) groups is 2. The molecule has 1 unspecified atom stereocenters. The third-order valence-electron chi connectivity index (χ3n) is 5.65. The van der Waals surface area contributed by atoms with E-state index in [1.807, 2.05) is 25.1 Å². The lowest BCUT2D eigenvalue weighted by Crippen LogP contribution is -2.52. The minimum absolute atomic E-state index is 0.0976. The number of sulfonamides is 1. The van der Waals surface area contributed by atoms with Gasteiger partial charge < -0.3 is 10.2 Å². The first kappa shape index (κ1) is 23.4. The minimum Gasteiger partial charge on any atom is -0.342 e. The molecule has 1 aromatic carbocycles. The third-order valence-corrected chi connectivity index (χ3v) is 8.57. The van der Waals surface area contributed by atoms with Crippen molar-refractivity contribution >= 4 is 33.2 Å². The van der Waals surface area contributed by atoms with Crippen molar-refractivity contribution < 1.29 is 18.0 Å². The Kier molecular flexibility index (Phi) is 7.51. The van der Waals surface area contributed by atoms with E-state index in [0.29, 0.717) is 23.9 Å². The van der Waals surface area contributed by atoms with Gasteiger partial charge in [0.2, 0.25) is 15.9 Å². The first-order chi connectivity index (χ1) is 14.7. The molecule has 1 atom stereocenters. The van der Waals surface area contributed by atoms with Crippen LogP contribution in [0.25, 0.3) is 0 Å². The minimum atomic E-state index is -3.59. The van der Waals surface area contributed by atoms with Crippen LogP contribution in [0.2, 0.25) is 0 Å². The molecular formula is C22H29N3O4S2. The Hall–Kier alpha value is -2.23. The van der Waals surface area contributed by atoms with E-state index in [2.05, 4.69) is 19.2 Å². The van der Waals surface area contributed by atoms with Crippen molar-refractivity contribution in [2.75, 3.05) is 32.7 Å². The van der Waals surface area contributed by atoms with Crippen LogP contribution >= 0.6 is 11.3 Å². The van der Waals surface area contributed by atoms with Crippen LogP contribution < -0.4 is 5.32 Å². The maximum atomic E-state index is 13.0. The molecule has 0 spiro atoms. The summed E-state index contributed by atoms with van der Waals surface area (Å²) in [4.78, 5) is 28.0. The van der Waals surface area contributed by atoms with Crippen LogP contribution in [0.5, 0.6) is 0 Å². The van der Waals surface area contributed by atoms with Gasteiger partial charge in [0.05, 0.1) is 16.3 Å². The molecule has 0 aliphatic carbocycles. The summed E-state index contributed by atoms with van der Waals surface area (Å²) in [5.74, 6) is -0.0965. The van der Waals surface area contributed by atoms with E-state index in [4.69, 9.17) is 0 Å². The number of nitrogens with one attached hydrogen (secondary N) is 1. The Morgan fingerprint density at radius 1 is 1.06 bits per heavy atom. The van der Waals surface area contributed by atoms with Gasteiger partial charge in [-0.2, -0.15) is 4.31 Å². The van der Waals surface area contributed by atoms with Crippen LogP contribution in [0.15, 0.2) is 41.3 Å². The molecule has 1 aliphatic rings. The Labute approximate surface area is 188 Å². The zero-order valence-corrected chi connectivity index (χ0v) is 19.8. The average Bonchev–Trinajstić information content (AvgIpc) is 3.23. The second kappa shape index (κ2) is 9.93. The number of carbonyl (C=O) groups excluding carboxylic acids is 2. The molecule has 31 heavy (non-hydrogen) atoms. The third kappa shape index (κ3) is 5.53. The van der Waals surface area contributed by atoms with Crippen LogP contribution in [-0.4, -0.2) is 62.2 Å². The van der Waals surface area contributed by atoms with Gasteiger partial charge in [-0.3, -0.25) is 9.59 Å². The SMILES string of the molecule is CCC(C)c1ccc(S(=O)(=O)N2CCN(C(=O)CNC(=O)c3ccc(C)s3)CC2)cc1. The van der Waals surface area contributed by atoms with Crippen molar-refractivity contribution in [2.45, 2.75) is 38.0 Å². The van der Waals surface area contributed by atoms with E-state index in [1.165, 1.54) is 15.6 Å². The molecule has 1 saturated heterocycles. The maximum absolute atomic E-state index is 13.0. The highest BCUT2D eigenvalue weighted by atomic mass is 32.2. The second-order valence-corrected chi connectivity index (χ2v) is 11.0. The molecule has 2 heterocycles. The lowest BCUT2D eigenvalue weighted by atomic mass is 9.99. The lowest BCUT2D eigenvalue weighted by molar-refractivity contribution is -0.131. The summed E-state index contributed by atoms with van der Waals surface area (Å²) in [5.41, 5.74) is 1.12. The first-order valence-electron chi connectivity index (χ1n) is 10.4. The quantitative estimate of drug-likeness (QED) is 0.684. The summed E-state index contributed by atoms with van der Waals surface area (Å²) in [6, 6.07) is 10.7. The predicted molar refractivity (Wildman–Crippen MR) is 122 cm³/mol. The normalized spacial score (nSPS) is 16.2. The number of benzene rings is 1. The van der Waals surface area contributed by atoms with Gasteiger partial charge in [0.15, 0.2) is 0 Å². The Balaban J connectivity index is 1.53. The topological polar surface area (TPSA) is 86.8 Å². The van der Waals surface area contributed by atoms with Crippen LogP contribution in [0, 0.1) is 6.92 Å². The summed E-state index contributed by atoms with van der Waals surface area (Å²) >= 11 is 1.38. The molecule has 0 saturated carbocycles. The van der Waals surface area contributed by atoms with Crippen LogP contribution in [0.4, 0.5) is 0 Å². The summed E-state index contributed by atoms with van der Waals surface area (Å²) < 4.78 is 27.3. The number of thiophene rings is 1. The van der Waals surface area contributed by atoms with Crippen molar-refractivity contribution in [3.05, 3.63) is 51.7 Å². The molecule has 0 bridgehead atoms. The summed E-state index contributed by atoms with van der Waals surface area (Å²) in [5, 5.41) is 2.64. The average molecular weight is 464 g/mol. The zero-order chi connectivity index (χ0) is 22.6. The fourth-order valence-corrected chi connectivity index (χ4v) is 5.65. The predicted octanol–water partition coefficient (Wildman–Crippen LogP) is 2.83. The number of rotatable bonds is 7. The first-order valence-corrected chi connectivity index (χ1v) is 12.7.